The quantitative estimate of drug-likeness (QED) is 0.839. The second-order valence-corrected chi connectivity index (χ2v) is 7.02. The monoisotopic (exact) mass is 265 g/mol. The lowest BCUT2D eigenvalue weighted by Crippen LogP contribution is -2.53. The second kappa shape index (κ2) is 6.55. The maximum atomic E-state index is 3.58. The lowest BCUT2D eigenvalue weighted by molar-refractivity contribution is 0.0744. The summed E-state index contributed by atoms with van der Waals surface area (Å²) in [6, 6.07) is 0.807. The Hall–Kier alpha value is -0.120. The SMILES string of the molecule is CC1CCNCC1N1CCC(CN2CCCC2)CC1. The molecule has 0 aromatic carbocycles. The highest BCUT2D eigenvalue weighted by atomic mass is 15.2. The van der Waals surface area contributed by atoms with Crippen LogP contribution in [0.3, 0.4) is 0 Å². The predicted molar refractivity (Wildman–Crippen MR) is 80.4 cm³/mol. The number of nitrogens with one attached hydrogen (secondary N) is 1. The van der Waals surface area contributed by atoms with Gasteiger partial charge in [-0.1, -0.05) is 6.92 Å². The molecule has 2 atom stereocenters. The molecule has 2 unspecified atom stereocenters. The van der Waals surface area contributed by atoms with Gasteiger partial charge in [0, 0.05) is 19.1 Å². The summed E-state index contributed by atoms with van der Waals surface area (Å²) in [7, 11) is 0. The van der Waals surface area contributed by atoms with Crippen molar-refractivity contribution < 1.29 is 0 Å². The summed E-state index contributed by atoms with van der Waals surface area (Å²) in [5.41, 5.74) is 0. The van der Waals surface area contributed by atoms with Crippen LogP contribution in [0.15, 0.2) is 0 Å². The largest absolute Gasteiger partial charge is 0.315 e. The van der Waals surface area contributed by atoms with Gasteiger partial charge in [0.25, 0.3) is 0 Å². The zero-order valence-corrected chi connectivity index (χ0v) is 12.6. The van der Waals surface area contributed by atoms with Crippen molar-refractivity contribution in [1.29, 1.82) is 0 Å². The minimum Gasteiger partial charge on any atom is -0.315 e. The number of rotatable bonds is 3. The van der Waals surface area contributed by atoms with Gasteiger partial charge in [0.2, 0.25) is 0 Å². The van der Waals surface area contributed by atoms with Crippen LogP contribution in [-0.4, -0.2) is 61.7 Å². The van der Waals surface area contributed by atoms with Gasteiger partial charge in [-0.25, -0.2) is 0 Å². The minimum atomic E-state index is 0.807. The molecule has 3 heterocycles. The summed E-state index contributed by atoms with van der Waals surface area (Å²) in [4.78, 5) is 5.47. The third-order valence-corrected chi connectivity index (χ3v) is 5.62. The first-order chi connectivity index (χ1) is 9.33. The van der Waals surface area contributed by atoms with Crippen molar-refractivity contribution in [2.75, 3.05) is 45.8 Å². The first-order valence-electron chi connectivity index (χ1n) is 8.50. The third-order valence-electron chi connectivity index (χ3n) is 5.62. The van der Waals surface area contributed by atoms with E-state index in [0.29, 0.717) is 0 Å². The molecule has 3 rings (SSSR count). The van der Waals surface area contributed by atoms with E-state index in [1.54, 1.807) is 0 Å². The molecule has 0 bridgehead atoms. The van der Waals surface area contributed by atoms with Crippen molar-refractivity contribution in [3.05, 3.63) is 0 Å². The van der Waals surface area contributed by atoms with E-state index in [9.17, 15) is 0 Å². The van der Waals surface area contributed by atoms with Crippen LogP contribution in [0.4, 0.5) is 0 Å². The highest BCUT2D eigenvalue weighted by molar-refractivity contribution is 4.87. The molecule has 0 spiro atoms. The fourth-order valence-corrected chi connectivity index (χ4v) is 4.26. The Bertz CT molecular complexity index is 267. The van der Waals surface area contributed by atoms with Crippen LogP contribution in [0.2, 0.25) is 0 Å². The van der Waals surface area contributed by atoms with E-state index >= 15 is 0 Å². The van der Waals surface area contributed by atoms with Gasteiger partial charge in [-0.3, -0.25) is 4.90 Å². The maximum absolute atomic E-state index is 3.58. The lowest BCUT2D eigenvalue weighted by atomic mass is 9.89. The summed E-state index contributed by atoms with van der Waals surface area (Å²) in [5.74, 6) is 1.86. The van der Waals surface area contributed by atoms with Crippen molar-refractivity contribution in [3.8, 4) is 0 Å². The fraction of sp³-hybridized carbons (Fsp3) is 1.00. The molecule has 3 fully saturated rings. The number of likely N-dealkylation sites (tertiary alicyclic amines) is 2. The molecule has 1 N–H and O–H groups in total. The molecule has 0 amide bonds. The van der Waals surface area contributed by atoms with Gasteiger partial charge >= 0.3 is 0 Å². The number of piperidine rings is 2. The Balaban J connectivity index is 1.43. The average Bonchev–Trinajstić information content (AvgIpc) is 2.93. The number of hydrogen-bond acceptors (Lipinski definition) is 3. The van der Waals surface area contributed by atoms with Gasteiger partial charge in [0.05, 0.1) is 0 Å². The Morgan fingerprint density at radius 3 is 2.42 bits per heavy atom. The summed E-state index contributed by atoms with van der Waals surface area (Å²) in [6.07, 6.45) is 7.09. The number of hydrogen-bond donors (Lipinski definition) is 1. The van der Waals surface area contributed by atoms with E-state index in [-0.39, 0.29) is 0 Å². The molecule has 3 nitrogen and oxygen atoms in total. The summed E-state index contributed by atoms with van der Waals surface area (Å²) in [5, 5.41) is 3.58. The Kier molecular flexibility index (Phi) is 4.78. The van der Waals surface area contributed by atoms with Gasteiger partial charge in [0.1, 0.15) is 0 Å². The molecule has 110 valence electrons. The van der Waals surface area contributed by atoms with E-state index < -0.39 is 0 Å². The molecule has 0 radical (unpaired) electrons. The Morgan fingerprint density at radius 2 is 1.74 bits per heavy atom. The molecule has 3 aliphatic rings. The van der Waals surface area contributed by atoms with E-state index in [2.05, 4.69) is 22.0 Å². The average molecular weight is 265 g/mol. The van der Waals surface area contributed by atoms with Crippen LogP contribution < -0.4 is 5.32 Å². The summed E-state index contributed by atoms with van der Waals surface area (Å²) < 4.78 is 0. The zero-order chi connectivity index (χ0) is 13.1. The first kappa shape index (κ1) is 13.8. The lowest BCUT2D eigenvalue weighted by Gasteiger charge is -2.43. The normalized spacial score (nSPS) is 35.8. The van der Waals surface area contributed by atoms with E-state index in [0.717, 1.165) is 17.9 Å². The van der Waals surface area contributed by atoms with E-state index in [4.69, 9.17) is 0 Å². The highest BCUT2D eigenvalue weighted by Crippen LogP contribution is 2.25. The van der Waals surface area contributed by atoms with Crippen molar-refractivity contribution in [3.63, 3.8) is 0 Å². The van der Waals surface area contributed by atoms with Crippen molar-refractivity contribution in [2.24, 2.45) is 11.8 Å². The molecular formula is C16H31N3. The van der Waals surface area contributed by atoms with Crippen LogP contribution in [0, 0.1) is 11.8 Å². The number of nitrogens with zero attached hydrogens (tertiary/aromatic N) is 2. The van der Waals surface area contributed by atoms with Gasteiger partial charge in [-0.05, 0) is 76.7 Å². The van der Waals surface area contributed by atoms with Crippen LogP contribution in [0.5, 0.6) is 0 Å². The van der Waals surface area contributed by atoms with Crippen molar-refractivity contribution in [1.82, 2.24) is 15.1 Å². The zero-order valence-electron chi connectivity index (χ0n) is 12.6. The Labute approximate surface area is 118 Å². The maximum Gasteiger partial charge on any atom is 0.0246 e. The Morgan fingerprint density at radius 1 is 1.00 bits per heavy atom. The molecule has 0 aromatic heterocycles. The van der Waals surface area contributed by atoms with Gasteiger partial charge < -0.3 is 10.2 Å². The van der Waals surface area contributed by atoms with Crippen molar-refractivity contribution in [2.45, 2.75) is 45.1 Å². The van der Waals surface area contributed by atoms with Crippen LogP contribution in [0.1, 0.15) is 39.0 Å². The van der Waals surface area contributed by atoms with E-state index in [1.807, 2.05) is 0 Å². The van der Waals surface area contributed by atoms with Gasteiger partial charge in [-0.15, -0.1) is 0 Å². The molecular weight excluding hydrogens is 234 g/mol. The van der Waals surface area contributed by atoms with Gasteiger partial charge in [0.15, 0.2) is 0 Å². The second-order valence-electron chi connectivity index (χ2n) is 7.02. The van der Waals surface area contributed by atoms with Crippen molar-refractivity contribution >= 4 is 0 Å². The fourth-order valence-electron chi connectivity index (χ4n) is 4.26. The first-order valence-corrected chi connectivity index (χ1v) is 8.50. The predicted octanol–water partition coefficient (Wildman–Crippen LogP) is 1.79. The minimum absolute atomic E-state index is 0.807. The topological polar surface area (TPSA) is 18.5 Å². The van der Waals surface area contributed by atoms with Crippen LogP contribution in [0.25, 0.3) is 0 Å². The smallest absolute Gasteiger partial charge is 0.0246 e. The third kappa shape index (κ3) is 3.50. The molecule has 0 aliphatic carbocycles. The molecule has 0 aromatic rings. The molecule has 0 saturated carbocycles. The summed E-state index contributed by atoms with van der Waals surface area (Å²) in [6.45, 7) is 11.7. The molecule has 19 heavy (non-hydrogen) atoms. The molecule has 3 aliphatic heterocycles. The van der Waals surface area contributed by atoms with Crippen LogP contribution in [-0.2, 0) is 0 Å². The van der Waals surface area contributed by atoms with E-state index in [1.165, 1.54) is 77.9 Å². The summed E-state index contributed by atoms with van der Waals surface area (Å²) >= 11 is 0. The molecule has 3 heteroatoms. The standard InChI is InChI=1S/C16H31N3/c1-14-4-7-17-12-16(14)19-10-5-15(6-11-19)13-18-8-2-3-9-18/h14-17H,2-13H2,1H3. The highest BCUT2D eigenvalue weighted by Gasteiger charge is 2.30. The molecule has 3 saturated heterocycles. The van der Waals surface area contributed by atoms with Gasteiger partial charge in [-0.2, -0.15) is 0 Å². The van der Waals surface area contributed by atoms with Crippen LogP contribution >= 0.6 is 0 Å².